The molecule has 0 amide bonds. The number of allylic oxidation sites excluding steroid dienone is 1. The molecule has 7 nitrogen and oxygen atoms in total. The van der Waals surface area contributed by atoms with E-state index in [1.54, 1.807) is 6.92 Å². The molecule has 8 atom stereocenters. The summed E-state index contributed by atoms with van der Waals surface area (Å²) in [6.07, 6.45) is 4.18. The Hall–Kier alpha value is -1.54. The molecule has 7 heteroatoms. The third-order valence-electron chi connectivity index (χ3n) is 10.0. The smallest absolute Gasteiger partial charge is 0.330 e. The van der Waals surface area contributed by atoms with Crippen LogP contribution < -0.4 is 0 Å². The van der Waals surface area contributed by atoms with E-state index in [0.717, 1.165) is 11.1 Å². The van der Waals surface area contributed by atoms with Gasteiger partial charge in [0.15, 0.2) is 5.78 Å². The van der Waals surface area contributed by atoms with E-state index in [1.165, 1.54) is 13.0 Å². The summed E-state index contributed by atoms with van der Waals surface area (Å²) in [7, 11) is 0. The molecule has 4 aliphatic carbocycles. The maximum atomic E-state index is 13.0. The normalized spacial score (nSPS) is 46.3. The monoisotopic (exact) mass is 476 g/mol. The highest BCUT2D eigenvalue weighted by Gasteiger charge is 2.80. The summed E-state index contributed by atoms with van der Waals surface area (Å²) in [5, 5.41) is 46.2. The molecule has 4 aliphatic rings. The average Bonchev–Trinajstić information content (AvgIpc) is 2.99. The highest BCUT2D eigenvalue weighted by Crippen LogP contribution is 2.68. The van der Waals surface area contributed by atoms with Crippen LogP contribution in [-0.2, 0) is 14.3 Å². The van der Waals surface area contributed by atoms with Crippen molar-refractivity contribution >= 4 is 11.8 Å². The van der Waals surface area contributed by atoms with Gasteiger partial charge >= 0.3 is 5.97 Å². The topological polar surface area (TPSA) is 124 Å². The molecule has 0 aromatic rings. The summed E-state index contributed by atoms with van der Waals surface area (Å²) in [5.74, 6) is -1.41. The van der Waals surface area contributed by atoms with E-state index in [-0.39, 0.29) is 37.5 Å². The third-order valence-corrected chi connectivity index (χ3v) is 10.0. The van der Waals surface area contributed by atoms with Gasteiger partial charge in [-0.25, -0.2) is 4.79 Å². The lowest BCUT2D eigenvalue weighted by Crippen LogP contribution is -2.77. The molecular weight excluding hydrogens is 436 g/mol. The van der Waals surface area contributed by atoms with Gasteiger partial charge in [-0.15, -0.1) is 0 Å². The summed E-state index contributed by atoms with van der Waals surface area (Å²) < 4.78 is 5.97. The summed E-state index contributed by atoms with van der Waals surface area (Å²) >= 11 is 0. The zero-order valence-electron chi connectivity index (χ0n) is 21.0. The second kappa shape index (κ2) is 8.26. The number of rotatable bonds is 4. The maximum Gasteiger partial charge on any atom is 0.330 e. The van der Waals surface area contributed by atoms with Gasteiger partial charge in [-0.3, -0.25) is 4.79 Å². The number of ether oxygens (including phenoxy) is 1. The van der Waals surface area contributed by atoms with Crippen LogP contribution in [0.4, 0.5) is 0 Å². The van der Waals surface area contributed by atoms with E-state index >= 15 is 0 Å². The number of hydrogen-bond acceptors (Lipinski definition) is 7. The third kappa shape index (κ3) is 3.30. The van der Waals surface area contributed by atoms with Crippen LogP contribution in [0.2, 0.25) is 0 Å². The molecule has 0 radical (unpaired) electrons. The number of carbonyl (C=O) groups excluding carboxylic acids is 2. The van der Waals surface area contributed by atoms with Crippen LogP contribution in [0, 0.1) is 23.2 Å². The number of carbonyl (C=O) groups is 2. The van der Waals surface area contributed by atoms with Crippen LogP contribution in [-0.4, -0.2) is 61.2 Å². The van der Waals surface area contributed by atoms with Gasteiger partial charge in [0.25, 0.3) is 0 Å². The van der Waals surface area contributed by atoms with E-state index in [9.17, 15) is 30.0 Å². The number of Topliss-reactive ketones (excluding diaryl/α,β-unsaturated/α-hetero) is 1. The predicted molar refractivity (Wildman–Crippen MR) is 126 cm³/mol. The van der Waals surface area contributed by atoms with Crippen LogP contribution in [0.1, 0.15) is 79.6 Å². The Kier molecular flexibility index (Phi) is 6.20. The van der Waals surface area contributed by atoms with Crippen molar-refractivity contribution in [3.63, 3.8) is 0 Å². The number of fused-ring (bicyclic) bond motifs is 5. The molecule has 4 rings (SSSR count). The van der Waals surface area contributed by atoms with E-state index in [4.69, 9.17) is 4.74 Å². The lowest BCUT2D eigenvalue weighted by atomic mass is 9.45. The first-order chi connectivity index (χ1) is 15.7. The summed E-state index contributed by atoms with van der Waals surface area (Å²) in [6.45, 7) is 8.67. The van der Waals surface area contributed by atoms with Crippen LogP contribution >= 0.6 is 0 Å². The van der Waals surface area contributed by atoms with Crippen molar-refractivity contribution in [1.82, 2.24) is 0 Å². The highest BCUT2D eigenvalue weighted by atomic mass is 16.5. The minimum atomic E-state index is -1.93. The van der Waals surface area contributed by atoms with Crippen LogP contribution in [0.15, 0.2) is 23.3 Å². The largest absolute Gasteiger partial charge is 0.458 e. The number of hydrogen-bond donors (Lipinski definition) is 4. The second-order valence-corrected chi connectivity index (χ2v) is 11.7. The van der Waals surface area contributed by atoms with E-state index in [0.29, 0.717) is 19.3 Å². The molecule has 34 heavy (non-hydrogen) atoms. The maximum absolute atomic E-state index is 13.0. The first kappa shape index (κ1) is 25.5. The molecular formula is C27H40O7. The first-order valence-corrected chi connectivity index (χ1v) is 12.6. The fourth-order valence-corrected chi connectivity index (χ4v) is 7.51. The van der Waals surface area contributed by atoms with Crippen LogP contribution in [0.5, 0.6) is 0 Å². The quantitative estimate of drug-likeness (QED) is 0.279. The van der Waals surface area contributed by atoms with Gasteiger partial charge in [0.1, 0.15) is 22.9 Å². The van der Waals surface area contributed by atoms with Crippen molar-refractivity contribution in [2.45, 2.75) is 109 Å². The van der Waals surface area contributed by atoms with Crippen LogP contribution in [0.3, 0.4) is 0 Å². The standard InChI is InChI=1S/C27H40O7/c1-15(2)16(3)12-23(30)34-22-14-21-20-7-6-19(29)13-18(20)8-9-26(21,32)27(33)11-10-25(31,17(4)28)24(22,27)5/h8,12,15,19-22,29,31-33H,6-7,9-11,13-14H2,1-5H3. The Morgan fingerprint density at radius 3 is 2.44 bits per heavy atom. The van der Waals surface area contributed by atoms with E-state index < -0.39 is 52.1 Å². The van der Waals surface area contributed by atoms with Gasteiger partial charge in [-0.2, -0.15) is 0 Å². The molecule has 190 valence electrons. The van der Waals surface area contributed by atoms with Crippen molar-refractivity contribution in [3.8, 4) is 0 Å². The van der Waals surface area contributed by atoms with Gasteiger partial charge in [0, 0.05) is 12.0 Å². The number of aliphatic hydroxyl groups excluding tert-OH is 1. The second-order valence-electron chi connectivity index (χ2n) is 11.7. The van der Waals surface area contributed by atoms with Crippen molar-refractivity contribution < 1.29 is 34.8 Å². The molecule has 0 saturated heterocycles. The predicted octanol–water partition coefficient (Wildman–Crippen LogP) is 2.59. The van der Waals surface area contributed by atoms with Crippen LogP contribution in [0.25, 0.3) is 0 Å². The van der Waals surface area contributed by atoms with E-state index in [1.807, 2.05) is 26.8 Å². The Morgan fingerprint density at radius 2 is 1.82 bits per heavy atom. The number of aliphatic hydroxyl groups is 4. The molecule has 0 heterocycles. The van der Waals surface area contributed by atoms with Gasteiger partial charge in [-0.1, -0.05) is 31.1 Å². The van der Waals surface area contributed by atoms with Crippen molar-refractivity contribution in [2.24, 2.45) is 23.2 Å². The lowest BCUT2D eigenvalue weighted by Gasteiger charge is -2.64. The Morgan fingerprint density at radius 1 is 1.15 bits per heavy atom. The van der Waals surface area contributed by atoms with Gasteiger partial charge in [0.2, 0.25) is 0 Å². The summed E-state index contributed by atoms with van der Waals surface area (Å²) in [5.41, 5.74) is -5.01. The molecule has 0 spiro atoms. The Bertz CT molecular complexity index is 937. The van der Waals surface area contributed by atoms with Gasteiger partial charge < -0.3 is 25.2 Å². The zero-order chi connectivity index (χ0) is 25.3. The molecule has 8 unspecified atom stereocenters. The fourth-order valence-electron chi connectivity index (χ4n) is 7.51. The molecule has 0 aromatic heterocycles. The zero-order valence-corrected chi connectivity index (χ0v) is 21.0. The minimum Gasteiger partial charge on any atom is -0.458 e. The molecule has 0 aliphatic heterocycles. The summed E-state index contributed by atoms with van der Waals surface area (Å²) in [6, 6.07) is 0. The molecule has 4 N–H and O–H groups in total. The average molecular weight is 477 g/mol. The SMILES string of the molecule is CC(=O)C1(O)CCC2(O)C3(O)CC=C4CC(O)CCC4C3CC(OC(=O)C=C(C)C(C)C)C12C. The molecule has 0 bridgehead atoms. The van der Waals surface area contributed by atoms with Crippen molar-refractivity contribution in [1.29, 1.82) is 0 Å². The number of esters is 1. The highest BCUT2D eigenvalue weighted by molar-refractivity contribution is 5.87. The van der Waals surface area contributed by atoms with Gasteiger partial charge in [0.05, 0.1) is 11.5 Å². The van der Waals surface area contributed by atoms with Crippen molar-refractivity contribution in [2.75, 3.05) is 0 Å². The molecule has 0 aromatic carbocycles. The first-order valence-electron chi connectivity index (χ1n) is 12.6. The minimum absolute atomic E-state index is 0.0147. The lowest BCUT2D eigenvalue weighted by molar-refractivity contribution is -0.307. The molecule has 3 fully saturated rings. The number of ketones is 1. The van der Waals surface area contributed by atoms with Crippen molar-refractivity contribution in [3.05, 3.63) is 23.3 Å². The van der Waals surface area contributed by atoms with Gasteiger partial charge in [-0.05, 0) is 77.6 Å². The molecule has 3 saturated carbocycles. The summed E-state index contributed by atoms with van der Waals surface area (Å²) in [4.78, 5) is 25.7. The van der Waals surface area contributed by atoms with E-state index in [2.05, 4.69) is 0 Å². The Labute approximate surface area is 201 Å². The fraction of sp³-hybridized carbons (Fsp3) is 0.778. The Balaban J connectivity index is 1.81.